The minimum absolute atomic E-state index is 0. The van der Waals surface area contributed by atoms with Crippen LogP contribution in [0.1, 0.15) is 52.4 Å². The van der Waals surface area contributed by atoms with Crippen molar-refractivity contribution in [2.75, 3.05) is 12.4 Å². The van der Waals surface area contributed by atoms with E-state index in [-0.39, 0.29) is 12.4 Å². The third kappa shape index (κ3) is 6.70. The van der Waals surface area contributed by atoms with Crippen LogP contribution in [0.4, 0.5) is 0 Å². The number of thioether (sulfide) groups is 1. The normalized spacial score (nSPS) is 26.0. The molecule has 15 heavy (non-hydrogen) atoms. The van der Waals surface area contributed by atoms with Crippen molar-refractivity contribution in [1.82, 2.24) is 0 Å². The number of halogens is 1. The standard InChI is InChI=1S/C12H24OS.ClH/c1-3-5-9-13-11-7-8-12(6-4-2)14-10-11;/h11-12H,3-10H2,1-2H3;1H/p-1. The van der Waals surface area contributed by atoms with Crippen molar-refractivity contribution in [2.45, 2.75) is 63.7 Å². The lowest BCUT2D eigenvalue weighted by Crippen LogP contribution is -3.00. The Labute approximate surface area is 105 Å². The van der Waals surface area contributed by atoms with Gasteiger partial charge in [0, 0.05) is 17.6 Å². The molecule has 1 aliphatic heterocycles. The van der Waals surface area contributed by atoms with Gasteiger partial charge in [0.1, 0.15) is 0 Å². The van der Waals surface area contributed by atoms with Gasteiger partial charge in [0.05, 0.1) is 6.10 Å². The van der Waals surface area contributed by atoms with Crippen LogP contribution in [0.3, 0.4) is 0 Å². The molecule has 0 amide bonds. The van der Waals surface area contributed by atoms with E-state index < -0.39 is 0 Å². The highest BCUT2D eigenvalue weighted by molar-refractivity contribution is 8.00. The molecule has 0 bridgehead atoms. The average Bonchev–Trinajstić information content (AvgIpc) is 2.21. The van der Waals surface area contributed by atoms with Gasteiger partial charge in [-0.15, -0.1) is 0 Å². The van der Waals surface area contributed by atoms with Crippen molar-refractivity contribution >= 4 is 11.8 Å². The smallest absolute Gasteiger partial charge is 0.0665 e. The maximum absolute atomic E-state index is 5.83. The Morgan fingerprint density at radius 1 is 1.20 bits per heavy atom. The van der Waals surface area contributed by atoms with E-state index in [4.69, 9.17) is 4.74 Å². The van der Waals surface area contributed by atoms with Crippen molar-refractivity contribution < 1.29 is 17.1 Å². The van der Waals surface area contributed by atoms with E-state index in [9.17, 15) is 0 Å². The molecular weight excluding hydrogens is 228 g/mol. The predicted molar refractivity (Wildman–Crippen MR) is 65.0 cm³/mol. The zero-order valence-corrected chi connectivity index (χ0v) is 11.6. The molecule has 0 aromatic heterocycles. The topological polar surface area (TPSA) is 9.23 Å². The molecule has 0 spiro atoms. The Kier molecular flexibility index (Phi) is 10.2. The van der Waals surface area contributed by atoms with Crippen LogP contribution in [0.5, 0.6) is 0 Å². The van der Waals surface area contributed by atoms with Gasteiger partial charge < -0.3 is 17.1 Å². The Morgan fingerprint density at radius 3 is 2.53 bits per heavy atom. The number of rotatable bonds is 6. The van der Waals surface area contributed by atoms with Gasteiger partial charge in [-0.2, -0.15) is 11.8 Å². The maximum atomic E-state index is 5.83. The molecule has 1 nitrogen and oxygen atoms in total. The second-order valence-electron chi connectivity index (χ2n) is 4.17. The van der Waals surface area contributed by atoms with E-state index in [2.05, 4.69) is 25.6 Å². The molecular formula is C12H24ClOS-. The van der Waals surface area contributed by atoms with Crippen LogP contribution in [0, 0.1) is 0 Å². The summed E-state index contributed by atoms with van der Waals surface area (Å²) in [5.41, 5.74) is 0. The summed E-state index contributed by atoms with van der Waals surface area (Å²) in [6.45, 7) is 5.47. The van der Waals surface area contributed by atoms with Crippen LogP contribution < -0.4 is 12.4 Å². The molecule has 0 saturated carbocycles. The van der Waals surface area contributed by atoms with E-state index in [0.717, 1.165) is 11.9 Å². The van der Waals surface area contributed by atoms with Gasteiger partial charge in [0.2, 0.25) is 0 Å². The molecule has 1 rings (SSSR count). The highest BCUT2D eigenvalue weighted by Gasteiger charge is 2.20. The van der Waals surface area contributed by atoms with Crippen LogP contribution >= 0.6 is 11.8 Å². The fraction of sp³-hybridized carbons (Fsp3) is 1.00. The van der Waals surface area contributed by atoms with Crippen molar-refractivity contribution in [1.29, 1.82) is 0 Å². The van der Waals surface area contributed by atoms with Crippen LogP contribution in [0.15, 0.2) is 0 Å². The summed E-state index contributed by atoms with van der Waals surface area (Å²) < 4.78 is 5.83. The van der Waals surface area contributed by atoms with Crippen LogP contribution in [-0.4, -0.2) is 23.7 Å². The van der Waals surface area contributed by atoms with Crippen molar-refractivity contribution in [3.05, 3.63) is 0 Å². The molecule has 0 N–H and O–H groups in total. The highest BCUT2D eigenvalue weighted by Crippen LogP contribution is 2.30. The Balaban J connectivity index is 0.00000196. The fourth-order valence-electron chi connectivity index (χ4n) is 1.86. The molecule has 1 heterocycles. The summed E-state index contributed by atoms with van der Waals surface area (Å²) in [5.74, 6) is 1.23. The second-order valence-corrected chi connectivity index (χ2v) is 5.50. The molecule has 1 saturated heterocycles. The number of hydrogen-bond donors (Lipinski definition) is 0. The molecule has 2 unspecified atom stereocenters. The van der Waals surface area contributed by atoms with Crippen LogP contribution in [0.2, 0.25) is 0 Å². The number of unbranched alkanes of at least 4 members (excludes halogenated alkanes) is 1. The molecule has 1 fully saturated rings. The summed E-state index contributed by atoms with van der Waals surface area (Å²) in [5, 5.41) is 0.922. The van der Waals surface area contributed by atoms with E-state index in [1.54, 1.807) is 0 Å². The lowest BCUT2D eigenvalue weighted by atomic mass is 10.1. The predicted octanol–water partition coefficient (Wildman–Crippen LogP) is 0.871. The van der Waals surface area contributed by atoms with Crippen LogP contribution in [0.25, 0.3) is 0 Å². The van der Waals surface area contributed by atoms with Gasteiger partial charge in [-0.25, -0.2) is 0 Å². The van der Waals surface area contributed by atoms with Crippen molar-refractivity contribution in [3.63, 3.8) is 0 Å². The summed E-state index contributed by atoms with van der Waals surface area (Å²) in [7, 11) is 0. The molecule has 0 radical (unpaired) electrons. The zero-order valence-electron chi connectivity index (χ0n) is 10.0. The Morgan fingerprint density at radius 2 is 2.00 bits per heavy atom. The lowest BCUT2D eigenvalue weighted by Gasteiger charge is -2.27. The molecule has 0 aromatic rings. The maximum Gasteiger partial charge on any atom is 0.0665 e. The van der Waals surface area contributed by atoms with Crippen LogP contribution in [-0.2, 0) is 4.74 Å². The first-order valence-electron chi connectivity index (χ1n) is 6.10. The first-order valence-corrected chi connectivity index (χ1v) is 7.14. The summed E-state index contributed by atoms with van der Waals surface area (Å²) >= 11 is 2.13. The third-order valence-corrected chi connectivity index (χ3v) is 4.30. The quantitative estimate of drug-likeness (QED) is 0.648. The summed E-state index contributed by atoms with van der Waals surface area (Å²) in [6.07, 6.45) is 8.42. The number of hydrogen-bond acceptors (Lipinski definition) is 2. The summed E-state index contributed by atoms with van der Waals surface area (Å²) in [6, 6.07) is 0. The molecule has 2 atom stereocenters. The zero-order chi connectivity index (χ0) is 10.2. The molecule has 3 heteroatoms. The molecule has 1 aliphatic rings. The third-order valence-electron chi connectivity index (χ3n) is 2.79. The van der Waals surface area contributed by atoms with Gasteiger partial charge in [-0.1, -0.05) is 26.7 Å². The largest absolute Gasteiger partial charge is 1.00 e. The minimum atomic E-state index is 0. The van der Waals surface area contributed by atoms with Gasteiger partial charge in [0.25, 0.3) is 0 Å². The Bertz CT molecular complexity index is 136. The average molecular weight is 252 g/mol. The van der Waals surface area contributed by atoms with Gasteiger partial charge in [-0.3, -0.25) is 0 Å². The van der Waals surface area contributed by atoms with E-state index >= 15 is 0 Å². The van der Waals surface area contributed by atoms with E-state index in [0.29, 0.717) is 6.10 Å². The Hall–Kier alpha value is 0.600. The first kappa shape index (κ1) is 15.6. The second kappa shape index (κ2) is 9.80. The van der Waals surface area contributed by atoms with Gasteiger partial charge in [-0.05, 0) is 25.7 Å². The number of ether oxygens (including phenoxy) is 1. The first-order chi connectivity index (χ1) is 6.86. The van der Waals surface area contributed by atoms with E-state index in [1.165, 1.54) is 44.3 Å². The fourth-order valence-corrected chi connectivity index (χ4v) is 3.31. The lowest BCUT2D eigenvalue weighted by molar-refractivity contribution is -0.00000569. The molecule has 92 valence electrons. The van der Waals surface area contributed by atoms with Crippen molar-refractivity contribution in [3.8, 4) is 0 Å². The van der Waals surface area contributed by atoms with E-state index in [1.807, 2.05) is 0 Å². The molecule has 0 aromatic carbocycles. The molecule has 0 aliphatic carbocycles. The minimum Gasteiger partial charge on any atom is -1.00 e. The SMILES string of the molecule is CCCCOC1CCC(CCC)SC1.[Cl-]. The van der Waals surface area contributed by atoms with Gasteiger partial charge in [0.15, 0.2) is 0 Å². The highest BCUT2D eigenvalue weighted by atomic mass is 35.5. The van der Waals surface area contributed by atoms with Gasteiger partial charge >= 0.3 is 0 Å². The van der Waals surface area contributed by atoms with Crippen molar-refractivity contribution in [2.24, 2.45) is 0 Å². The summed E-state index contributed by atoms with van der Waals surface area (Å²) in [4.78, 5) is 0. The monoisotopic (exact) mass is 251 g/mol.